The number of aryl methyl sites for hydroxylation is 1. The molecule has 0 bridgehead atoms. The zero-order valence-corrected chi connectivity index (χ0v) is 13.9. The molecule has 23 heavy (non-hydrogen) atoms. The van der Waals surface area contributed by atoms with Crippen LogP contribution in [0.15, 0.2) is 29.6 Å². The molecule has 5 heteroatoms. The molecule has 0 radical (unpaired) electrons. The van der Waals surface area contributed by atoms with Crippen molar-refractivity contribution in [3.8, 4) is 5.75 Å². The second kappa shape index (κ2) is 5.96. The minimum atomic E-state index is -0.123. The predicted octanol–water partition coefficient (Wildman–Crippen LogP) is 3.59. The molecule has 2 atom stereocenters. The van der Waals surface area contributed by atoms with Crippen LogP contribution in [0.1, 0.15) is 47.5 Å². The first-order chi connectivity index (χ1) is 11.2. The van der Waals surface area contributed by atoms with Crippen LogP contribution in [0, 0.1) is 12.8 Å². The predicted molar refractivity (Wildman–Crippen MR) is 89.8 cm³/mol. The van der Waals surface area contributed by atoms with E-state index in [4.69, 9.17) is 4.74 Å². The molecule has 1 aromatic carbocycles. The van der Waals surface area contributed by atoms with E-state index in [0.717, 1.165) is 28.4 Å². The van der Waals surface area contributed by atoms with Gasteiger partial charge in [0, 0.05) is 16.6 Å². The fourth-order valence-electron chi connectivity index (χ4n) is 3.19. The Morgan fingerprint density at radius 2 is 2.17 bits per heavy atom. The van der Waals surface area contributed by atoms with Crippen molar-refractivity contribution in [2.75, 3.05) is 6.61 Å². The van der Waals surface area contributed by atoms with Gasteiger partial charge in [0.25, 0.3) is 0 Å². The van der Waals surface area contributed by atoms with E-state index in [0.29, 0.717) is 12.5 Å². The van der Waals surface area contributed by atoms with Gasteiger partial charge in [-0.15, -0.1) is 11.3 Å². The Balaban J connectivity index is 1.55. The summed E-state index contributed by atoms with van der Waals surface area (Å²) in [6, 6.07) is 7.92. The van der Waals surface area contributed by atoms with E-state index in [9.17, 15) is 4.79 Å². The van der Waals surface area contributed by atoms with E-state index < -0.39 is 0 Å². The van der Waals surface area contributed by atoms with Gasteiger partial charge >= 0.3 is 0 Å². The van der Waals surface area contributed by atoms with Crippen LogP contribution in [-0.2, 0) is 4.79 Å². The number of amides is 1. The van der Waals surface area contributed by atoms with Crippen molar-refractivity contribution < 1.29 is 9.53 Å². The lowest BCUT2D eigenvalue weighted by molar-refractivity contribution is -0.124. The molecule has 1 fully saturated rings. The zero-order chi connectivity index (χ0) is 15.8. The summed E-state index contributed by atoms with van der Waals surface area (Å²) < 4.78 is 5.67. The molecule has 0 unspecified atom stereocenters. The van der Waals surface area contributed by atoms with Crippen LogP contribution >= 0.6 is 11.3 Å². The Morgan fingerprint density at radius 3 is 2.91 bits per heavy atom. The van der Waals surface area contributed by atoms with Crippen LogP contribution in [0.2, 0.25) is 0 Å². The molecule has 1 aliphatic carbocycles. The van der Waals surface area contributed by atoms with Crippen molar-refractivity contribution in [1.82, 2.24) is 10.3 Å². The molecule has 2 aromatic rings. The van der Waals surface area contributed by atoms with E-state index in [-0.39, 0.29) is 17.9 Å². The fourth-order valence-corrected chi connectivity index (χ4v) is 4.13. The van der Waals surface area contributed by atoms with E-state index in [1.807, 2.05) is 31.2 Å². The van der Waals surface area contributed by atoms with Gasteiger partial charge < -0.3 is 10.1 Å². The number of rotatable bonds is 4. The van der Waals surface area contributed by atoms with Gasteiger partial charge in [0.1, 0.15) is 10.8 Å². The lowest BCUT2D eigenvalue weighted by atomic mass is 9.92. The number of hydrogen-bond acceptors (Lipinski definition) is 4. The van der Waals surface area contributed by atoms with Crippen molar-refractivity contribution in [3.63, 3.8) is 0 Å². The average molecular weight is 328 g/mol. The minimum Gasteiger partial charge on any atom is -0.493 e. The third-order valence-electron chi connectivity index (χ3n) is 4.57. The van der Waals surface area contributed by atoms with Gasteiger partial charge in [-0.25, -0.2) is 4.98 Å². The minimum absolute atomic E-state index is 0.0659. The van der Waals surface area contributed by atoms with Gasteiger partial charge in [0.05, 0.1) is 18.6 Å². The number of carbonyl (C=O) groups excluding carboxylic acids is 1. The molecule has 2 aliphatic rings. The summed E-state index contributed by atoms with van der Waals surface area (Å²) in [6.07, 6.45) is 3.08. The number of ether oxygens (including phenoxy) is 1. The quantitative estimate of drug-likeness (QED) is 0.933. The maximum Gasteiger partial charge on any atom is 0.228 e. The van der Waals surface area contributed by atoms with Gasteiger partial charge in [0.15, 0.2) is 0 Å². The molecule has 1 saturated carbocycles. The number of hydrogen-bond donors (Lipinski definition) is 1. The zero-order valence-electron chi connectivity index (χ0n) is 13.1. The molecule has 1 aliphatic heterocycles. The Hall–Kier alpha value is -1.88. The van der Waals surface area contributed by atoms with Gasteiger partial charge in [0.2, 0.25) is 5.91 Å². The molecular formula is C18H20N2O2S. The van der Waals surface area contributed by atoms with Gasteiger partial charge in [-0.05, 0) is 38.2 Å². The van der Waals surface area contributed by atoms with Crippen LogP contribution in [0.4, 0.5) is 0 Å². The largest absolute Gasteiger partial charge is 0.493 e. The Labute approximate surface area is 139 Å². The molecule has 4 rings (SSSR count). The summed E-state index contributed by atoms with van der Waals surface area (Å²) in [7, 11) is 0. The molecular weight excluding hydrogens is 308 g/mol. The number of aromatic nitrogens is 1. The molecule has 120 valence electrons. The topological polar surface area (TPSA) is 51.2 Å². The summed E-state index contributed by atoms with van der Waals surface area (Å²) in [5, 5.41) is 6.37. The first-order valence-electron chi connectivity index (χ1n) is 8.16. The lowest BCUT2D eigenvalue weighted by Crippen LogP contribution is -2.36. The van der Waals surface area contributed by atoms with Crippen molar-refractivity contribution >= 4 is 17.2 Å². The van der Waals surface area contributed by atoms with Gasteiger partial charge in [-0.2, -0.15) is 0 Å². The lowest BCUT2D eigenvalue weighted by Gasteiger charge is -2.27. The molecule has 2 heterocycles. The van der Waals surface area contributed by atoms with Crippen molar-refractivity contribution in [2.45, 2.75) is 38.1 Å². The Bertz CT molecular complexity index is 723. The van der Waals surface area contributed by atoms with E-state index in [2.05, 4.69) is 15.7 Å². The van der Waals surface area contributed by atoms with E-state index in [1.54, 1.807) is 11.3 Å². The van der Waals surface area contributed by atoms with Gasteiger partial charge in [-0.1, -0.05) is 18.2 Å². The third kappa shape index (κ3) is 2.98. The van der Waals surface area contributed by atoms with Crippen molar-refractivity contribution in [1.29, 1.82) is 0 Å². The summed E-state index contributed by atoms with van der Waals surface area (Å²) in [6.45, 7) is 2.60. The number of thiazole rings is 1. The van der Waals surface area contributed by atoms with Crippen molar-refractivity contribution in [2.24, 2.45) is 5.92 Å². The maximum atomic E-state index is 12.9. The van der Waals surface area contributed by atoms with Crippen LogP contribution < -0.4 is 10.1 Å². The second-order valence-electron chi connectivity index (χ2n) is 6.38. The standard InChI is InChI=1S/C18H20N2O2S/c1-11-10-23-18(19-11)16(12-6-7-12)20-17(21)14-8-9-22-15-5-3-2-4-13(14)15/h2-5,10,12,14,16H,6-9H2,1H3,(H,20,21)/t14-,16+/m1/s1. The highest BCUT2D eigenvalue weighted by Gasteiger charge is 2.37. The number of nitrogens with one attached hydrogen (secondary N) is 1. The number of nitrogens with zero attached hydrogens (tertiary/aromatic N) is 1. The number of fused-ring (bicyclic) bond motifs is 1. The Morgan fingerprint density at radius 1 is 1.35 bits per heavy atom. The monoisotopic (exact) mass is 328 g/mol. The number of para-hydroxylation sites is 1. The molecule has 1 N–H and O–H groups in total. The number of benzene rings is 1. The Kier molecular flexibility index (Phi) is 3.81. The third-order valence-corrected chi connectivity index (χ3v) is 5.61. The van der Waals surface area contributed by atoms with Crippen LogP contribution in [-0.4, -0.2) is 17.5 Å². The molecule has 1 aromatic heterocycles. The first-order valence-corrected chi connectivity index (χ1v) is 9.04. The maximum absolute atomic E-state index is 12.9. The second-order valence-corrected chi connectivity index (χ2v) is 7.27. The van der Waals surface area contributed by atoms with Crippen LogP contribution in [0.25, 0.3) is 0 Å². The summed E-state index contributed by atoms with van der Waals surface area (Å²) in [4.78, 5) is 17.5. The SMILES string of the molecule is Cc1csc([C@@H](NC(=O)[C@@H]2CCOc3ccccc32)C2CC2)n1. The fraction of sp³-hybridized carbons (Fsp3) is 0.444. The average Bonchev–Trinajstić information content (AvgIpc) is 3.33. The highest BCUT2D eigenvalue weighted by atomic mass is 32.1. The summed E-state index contributed by atoms with van der Waals surface area (Å²) >= 11 is 1.65. The highest BCUT2D eigenvalue weighted by molar-refractivity contribution is 7.09. The van der Waals surface area contributed by atoms with Crippen molar-refractivity contribution in [3.05, 3.63) is 45.9 Å². The number of carbonyl (C=O) groups is 1. The molecule has 0 spiro atoms. The summed E-state index contributed by atoms with van der Waals surface area (Å²) in [5.74, 6) is 1.36. The van der Waals surface area contributed by atoms with Crippen LogP contribution in [0.3, 0.4) is 0 Å². The van der Waals surface area contributed by atoms with E-state index >= 15 is 0 Å². The summed E-state index contributed by atoms with van der Waals surface area (Å²) in [5.41, 5.74) is 2.03. The normalized spacial score (nSPS) is 21.2. The first kappa shape index (κ1) is 14.7. The van der Waals surface area contributed by atoms with Crippen LogP contribution in [0.5, 0.6) is 5.75 Å². The molecule has 4 nitrogen and oxygen atoms in total. The molecule has 0 saturated heterocycles. The smallest absolute Gasteiger partial charge is 0.228 e. The highest BCUT2D eigenvalue weighted by Crippen LogP contribution is 2.43. The van der Waals surface area contributed by atoms with E-state index in [1.165, 1.54) is 12.8 Å². The molecule has 1 amide bonds. The van der Waals surface area contributed by atoms with Gasteiger partial charge in [-0.3, -0.25) is 4.79 Å².